The average Bonchev–Trinajstić information content (AvgIpc) is 2.43. The molecule has 1 aromatic carbocycles. The Morgan fingerprint density at radius 1 is 1.15 bits per heavy atom. The smallest absolute Gasteiger partial charge is 0.240 e. The molecule has 0 aromatic heterocycles. The van der Waals surface area contributed by atoms with Crippen molar-refractivity contribution >= 4 is 21.8 Å². The van der Waals surface area contributed by atoms with E-state index in [1.165, 1.54) is 0 Å². The van der Waals surface area contributed by atoms with Crippen LogP contribution in [-0.2, 0) is 16.6 Å². The van der Waals surface area contributed by atoms with Crippen LogP contribution in [0.4, 0.5) is 0 Å². The number of unbranched alkanes of at least 4 members (excludes halogenated alkanes) is 2. The second-order valence-electron chi connectivity index (χ2n) is 4.59. The standard InChI is InChI=1S/C14H24N2O2S2/c1-15-12-13-8-4-5-9-14(13)20(17,18)16-10-6-3-7-11-19-2/h4-5,8-9,15-16H,3,6-7,10-12H2,1-2H3. The maximum absolute atomic E-state index is 12.3. The van der Waals surface area contributed by atoms with Crippen LogP contribution >= 0.6 is 11.8 Å². The maximum Gasteiger partial charge on any atom is 0.240 e. The monoisotopic (exact) mass is 316 g/mol. The van der Waals surface area contributed by atoms with Gasteiger partial charge in [0.25, 0.3) is 0 Å². The summed E-state index contributed by atoms with van der Waals surface area (Å²) in [6.45, 7) is 1.05. The van der Waals surface area contributed by atoms with Gasteiger partial charge in [0.1, 0.15) is 0 Å². The summed E-state index contributed by atoms with van der Waals surface area (Å²) in [7, 11) is -1.59. The van der Waals surface area contributed by atoms with Gasteiger partial charge in [0.2, 0.25) is 10.0 Å². The topological polar surface area (TPSA) is 58.2 Å². The lowest BCUT2D eigenvalue weighted by Crippen LogP contribution is -2.26. The van der Waals surface area contributed by atoms with Crippen molar-refractivity contribution in [1.82, 2.24) is 10.0 Å². The summed E-state index contributed by atoms with van der Waals surface area (Å²) in [5.41, 5.74) is 0.796. The van der Waals surface area contributed by atoms with Crippen molar-refractivity contribution in [3.05, 3.63) is 29.8 Å². The zero-order valence-electron chi connectivity index (χ0n) is 12.2. The maximum atomic E-state index is 12.3. The summed E-state index contributed by atoms with van der Waals surface area (Å²) in [5.74, 6) is 1.14. The van der Waals surface area contributed by atoms with Gasteiger partial charge in [0, 0.05) is 13.1 Å². The van der Waals surface area contributed by atoms with Crippen molar-refractivity contribution in [2.24, 2.45) is 0 Å². The van der Waals surface area contributed by atoms with Crippen molar-refractivity contribution in [2.75, 3.05) is 25.6 Å². The molecular formula is C14H24N2O2S2. The van der Waals surface area contributed by atoms with Gasteiger partial charge < -0.3 is 5.32 Å². The predicted octanol–water partition coefficient (Wildman–Crippen LogP) is 2.22. The van der Waals surface area contributed by atoms with E-state index in [2.05, 4.69) is 16.3 Å². The van der Waals surface area contributed by atoms with E-state index in [-0.39, 0.29) is 0 Å². The predicted molar refractivity (Wildman–Crippen MR) is 86.6 cm³/mol. The molecule has 0 aliphatic rings. The molecule has 0 fully saturated rings. The van der Waals surface area contributed by atoms with Gasteiger partial charge >= 0.3 is 0 Å². The third-order valence-electron chi connectivity index (χ3n) is 2.95. The third-order valence-corrected chi connectivity index (χ3v) is 5.21. The number of rotatable bonds is 10. The van der Waals surface area contributed by atoms with Gasteiger partial charge in [-0.1, -0.05) is 24.6 Å². The lowest BCUT2D eigenvalue weighted by molar-refractivity contribution is 0.574. The van der Waals surface area contributed by atoms with Crippen LogP contribution in [0.15, 0.2) is 29.2 Å². The number of hydrogen-bond acceptors (Lipinski definition) is 4. The van der Waals surface area contributed by atoms with Crippen LogP contribution < -0.4 is 10.0 Å². The molecule has 0 aliphatic carbocycles. The molecule has 0 spiro atoms. The molecule has 0 unspecified atom stereocenters. The molecule has 0 saturated heterocycles. The summed E-state index contributed by atoms with van der Waals surface area (Å²) >= 11 is 1.82. The molecule has 20 heavy (non-hydrogen) atoms. The molecule has 0 atom stereocenters. The minimum Gasteiger partial charge on any atom is -0.316 e. The molecule has 0 aliphatic heterocycles. The molecular weight excluding hydrogens is 292 g/mol. The van der Waals surface area contributed by atoms with Gasteiger partial charge in [-0.2, -0.15) is 11.8 Å². The van der Waals surface area contributed by atoms with E-state index in [4.69, 9.17) is 0 Å². The molecule has 0 amide bonds. The lowest BCUT2D eigenvalue weighted by atomic mass is 10.2. The van der Waals surface area contributed by atoms with Crippen LogP contribution in [0.1, 0.15) is 24.8 Å². The highest BCUT2D eigenvalue weighted by Gasteiger charge is 2.16. The fourth-order valence-corrected chi connectivity index (χ4v) is 3.74. The van der Waals surface area contributed by atoms with E-state index in [0.29, 0.717) is 18.0 Å². The van der Waals surface area contributed by atoms with Crippen molar-refractivity contribution in [3.63, 3.8) is 0 Å². The highest BCUT2D eigenvalue weighted by atomic mass is 32.2. The Morgan fingerprint density at radius 3 is 2.60 bits per heavy atom. The van der Waals surface area contributed by atoms with E-state index in [1.54, 1.807) is 12.1 Å². The van der Waals surface area contributed by atoms with E-state index < -0.39 is 10.0 Å². The first-order valence-electron chi connectivity index (χ1n) is 6.83. The second kappa shape index (κ2) is 9.39. The van der Waals surface area contributed by atoms with Gasteiger partial charge in [-0.25, -0.2) is 13.1 Å². The number of sulfonamides is 1. The lowest BCUT2D eigenvalue weighted by Gasteiger charge is -2.11. The zero-order valence-corrected chi connectivity index (χ0v) is 13.8. The molecule has 6 heteroatoms. The number of nitrogens with one attached hydrogen (secondary N) is 2. The number of benzene rings is 1. The average molecular weight is 316 g/mol. The molecule has 1 aromatic rings. The molecule has 4 nitrogen and oxygen atoms in total. The zero-order chi connectivity index (χ0) is 14.8. The van der Waals surface area contributed by atoms with Gasteiger partial charge in [0.15, 0.2) is 0 Å². The molecule has 0 saturated carbocycles. The van der Waals surface area contributed by atoms with Crippen molar-refractivity contribution in [1.29, 1.82) is 0 Å². The first-order valence-corrected chi connectivity index (χ1v) is 9.70. The largest absolute Gasteiger partial charge is 0.316 e. The molecule has 2 N–H and O–H groups in total. The van der Waals surface area contributed by atoms with E-state index in [9.17, 15) is 8.42 Å². The molecule has 0 radical (unpaired) electrons. The van der Waals surface area contributed by atoms with Crippen LogP contribution in [0.3, 0.4) is 0 Å². The molecule has 1 rings (SSSR count). The first-order chi connectivity index (χ1) is 9.61. The highest BCUT2D eigenvalue weighted by Crippen LogP contribution is 2.15. The van der Waals surface area contributed by atoms with E-state index >= 15 is 0 Å². The Morgan fingerprint density at radius 2 is 1.90 bits per heavy atom. The van der Waals surface area contributed by atoms with Crippen molar-refractivity contribution < 1.29 is 8.42 Å². The van der Waals surface area contributed by atoms with Gasteiger partial charge in [-0.3, -0.25) is 0 Å². The summed E-state index contributed by atoms with van der Waals surface area (Å²) < 4.78 is 27.2. The van der Waals surface area contributed by atoms with Gasteiger partial charge in [-0.15, -0.1) is 0 Å². The summed E-state index contributed by atoms with van der Waals surface area (Å²) in [6.07, 6.45) is 5.16. The van der Waals surface area contributed by atoms with E-state index in [1.807, 2.05) is 30.9 Å². The Bertz CT molecular complexity index is 490. The minimum absolute atomic E-state index is 0.374. The number of hydrogen-bond donors (Lipinski definition) is 2. The third kappa shape index (κ3) is 5.83. The van der Waals surface area contributed by atoms with Crippen molar-refractivity contribution in [2.45, 2.75) is 30.7 Å². The van der Waals surface area contributed by atoms with Crippen LogP contribution in [0.25, 0.3) is 0 Å². The van der Waals surface area contributed by atoms with Gasteiger partial charge in [0.05, 0.1) is 4.90 Å². The highest BCUT2D eigenvalue weighted by molar-refractivity contribution is 7.98. The fraction of sp³-hybridized carbons (Fsp3) is 0.571. The summed E-state index contributed by atoms with van der Waals surface area (Å²) in [5, 5.41) is 2.99. The van der Waals surface area contributed by atoms with Crippen molar-refractivity contribution in [3.8, 4) is 0 Å². The Balaban J connectivity index is 2.56. The summed E-state index contributed by atoms with van der Waals surface area (Å²) in [4.78, 5) is 0.374. The normalized spacial score (nSPS) is 11.7. The van der Waals surface area contributed by atoms with Crippen LogP contribution in [-0.4, -0.2) is 34.0 Å². The quantitative estimate of drug-likeness (QED) is 0.650. The minimum atomic E-state index is -3.40. The Hall–Kier alpha value is -0.560. The first kappa shape index (κ1) is 17.5. The SMILES string of the molecule is CNCc1ccccc1S(=O)(=O)NCCCCCSC. The molecule has 0 heterocycles. The fourth-order valence-electron chi connectivity index (χ4n) is 1.93. The second-order valence-corrected chi connectivity index (χ2v) is 7.31. The van der Waals surface area contributed by atoms with E-state index in [0.717, 1.165) is 30.6 Å². The summed E-state index contributed by atoms with van der Waals surface area (Å²) in [6, 6.07) is 7.10. The number of thioether (sulfide) groups is 1. The van der Waals surface area contributed by atoms with Crippen LogP contribution in [0.5, 0.6) is 0 Å². The van der Waals surface area contributed by atoms with Gasteiger partial charge in [-0.05, 0) is 43.5 Å². The Labute approximate surface area is 126 Å². The van der Waals surface area contributed by atoms with Crippen LogP contribution in [0.2, 0.25) is 0 Å². The Kier molecular flexibility index (Phi) is 8.21. The molecule has 114 valence electrons. The molecule has 0 bridgehead atoms. The van der Waals surface area contributed by atoms with Crippen LogP contribution in [0, 0.1) is 0 Å².